The first-order valence-corrected chi connectivity index (χ1v) is 6.52. The number of nitrogens with one attached hydrogen (secondary N) is 2. The molecule has 0 aliphatic rings. The van der Waals surface area contributed by atoms with Crippen molar-refractivity contribution in [3.05, 3.63) is 29.3 Å². The third kappa shape index (κ3) is 4.14. The Balaban J connectivity index is 2.87. The van der Waals surface area contributed by atoms with Crippen molar-refractivity contribution in [2.24, 2.45) is 5.92 Å². The van der Waals surface area contributed by atoms with Gasteiger partial charge in [-0.25, -0.2) is 18.4 Å². The van der Waals surface area contributed by atoms with E-state index in [4.69, 9.17) is 5.11 Å². The van der Waals surface area contributed by atoms with E-state index in [-0.39, 0.29) is 11.5 Å². The number of hydrogen-bond donors (Lipinski definition) is 3. The fourth-order valence-electron chi connectivity index (χ4n) is 1.75. The quantitative estimate of drug-likeness (QED) is 0.782. The highest BCUT2D eigenvalue weighted by atomic mass is 19.1. The molecule has 0 fully saturated rings. The number of urea groups is 1. The summed E-state index contributed by atoms with van der Waals surface area (Å²) in [4.78, 5) is 22.8. The number of carboxylic acid groups (broad SMARTS) is 1. The predicted molar refractivity (Wildman–Crippen MR) is 74.1 cm³/mol. The maximum absolute atomic E-state index is 13.7. The number of hydrogen-bond acceptors (Lipinski definition) is 2. The van der Waals surface area contributed by atoms with E-state index < -0.39 is 35.4 Å². The molecule has 0 radical (unpaired) electrons. The Kier molecular flexibility index (Phi) is 5.63. The molecule has 2 atom stereocenters. The van der Waals surface area contributed by atoms with Gasteiger partial charge in [0.05, 0.1) is 0 Å². The number of aryl methyl sites for hydroxylation is 1. The fourth-order valence-corrected chi connectivity index (χ4v) is 1.75. The number of carbonyl (C=O) groups excluding carboxylic acids is 1. The van der Waals surface area contributed by atoms with Crippen LogP contribution in [0.5, 0.6) is 0 Å². The van der Waals surface area contributed by atoms with E-state index >= 15 is 0 Å². The molecular formula is C14H18F2N2O3. The van der Waals surface area contributed by atoms with Crippen LogP contribution in [-0.4, -0.2) is 23.1 Å². The van der Waals surface area contributed by atoms with Gasteiger partial charge >= 0.3 is 12.0 Å². The minimum atomic E-state index is -1.20. The van der Waals surface area contributed by atoms with Crippen molar-refractivity contribution in [1.82, 2.24) is 5.32 Å². The lowest BCUT2D eigenvalue weighted by Gasteiger charge is -2.20. The van der Waals surface area contributed by atoms with Crippen molar-refractivity contribution in [3.8, 4) is 0 Å². The van der Waals surface area contributed by atoms with Gasteiger partial charge in [-0.3, -0.25) is 0 Å². The Labute approximate surface area is 121 Å². The van der Waals surface area contributed by atoms with Gasteiger partial charge in [0.15, 0.2) is 5.82 Å². The van der Waals surface area contributed by atoms with Crippen LogP contribution >= 0.6 is 0 Å². The second kappa shape index (κ2) is 7.01. The number of anilines is 1. The topological polar surface area (TPSA) is 78.4 Å². The largest absolute Gasteiger partial charge is 0.480 e. The molecule has 7 heteroatoms. The van der Waals surface area contributed by atoms with Gasteiger partial charge in [0.2, 0.25) is 0 Å². The number of amides is 2. The summed E-state index contributed by atoms with van der Waals surface area (Å²) in [6.07, 6.45) is 0.532. The SMILES string of the molecule is CC[C@H](C)[C@H](NC(=O)Nc1c(F)ccc(C)c1F)C(=O)O. The molecule has 0 heterocycles. The summed E-state index contributed by atoms with van der Waals surface area (Å²) in [5, 5.41) is 13.3. The monoisotopic (exact) mass is 300 g/mol. The van der Waals surface area contributed by atoms with E-state index in [9.17, 15) is 18.4 Å². The predicted octanol–water partition coefficient (Wildman–Crippen LogP) is 2.89. The van der Waals surface area contributed by atoms with E-state index in [0.717, 1.165) is 6.07 Å². The molecule has 116 valence electrons. The normalized spacial score (nSPS) is 13.4. The highest BCUT2D eigenvalue weighted by Crippen LogP contribution is 2.21. The first-order chi connectivity index (χ1) is 9.77. The van der Waals surface area contributed by atoms with Crippen molar-refractivity contribution in [2.45, 2.75) is 33.2 Å². The van der Waals surface area contributed by atoms with E-state index in [0.29, 0.717) is 6.42 Å². The summed E-state index contributed by atoms with van der Waals surface area (Å²) in [5.41, 5.74) is -0.427. The van der Waals surface area contributed by atoms with Gasteiger partial charge in [-0.05, 0) is 24.5 Å². The van der Waals surface area contributed by atoms with E-state index in [1.165, 1.54) is 13.0 Å². The summed E-state index contributed by atoms with van der Waals surface area (Å²) >= 11 is 0. The summed E-state index contributed by atoms with van der Waals surface area (Å²) in [6, 6.07) is 0.168. The van der Waals surface area contributed by atoms with E-state index in [1.54, 1.807) is 13.8 Å². The van der Waals surface area contributed by atoms with Crippen LogP contribution in [0.15, 0.2) is 12.1 Å². The van der Waals surface area contributed by atoms with Crippen LogP contribution in [0.1, 0.15) is 25.8 Å². The molecule has 0 aliphatic heterocycles. The molecule has 21 heavy (non-hydrogen) atoms. The first-order valence-electron chi connectivity index (χ1n) is 6.52. The smallest absolute Gasteiger partial charge is 0.326 e. The molecule has 3 N–H and O–H groups in total. The maximum Gasteiger partial charge on any atom is 0.326 e. The molecule has 0 bridgehead atoms. The zero-order chi connectivity index (χ0) is 16.2. The average molecular weight is 300 g/mol. The number of carboxylic acids is 1. The van der Waals surface area contributed by atoms with Crippen molar-refractivity contribution in [2.75, 3.05) is 5.32 Å². The van der Waals surface area contributed by atoms with Crippen LogP contribution in [0.25, 0.3) is 0 Å². The minimum absolute atomic E-state index is 0.170. The highest BCUT2D eigenvalue weighted by molar-refractivity contribution is 5.92. The molecule has 1 rings (SSSR count). The molecule has 1 aromatic rings. The van der Waals surface area contributed by atoms with Crippen LogP contribution < -0.4 is 10.6 Å². The van der Waals surface area contributed by atoms with Crippen LogP contribution in [-0.2, 0) is 4.79 Å². The standard InChI is InChI=1S/C14H18F2N2O3/c1-4-7(2)11(13(19)20)17-14(21)18-12-9(15)6-5-8(3)10(12)16/h5-7,11H,4H2,1-3H3,(H,19,20)(H2,17,18,21)/t7-,11-/m0/s1. The molecule has 5 nitrogen and oxygen atoms in total. The lowest BCUT2D eigenvalue weighted by Crippen LogP contribution is -2.46. The maximum atomic E-state index is 13.7. The first kappa shape index (κ1) is 16.9. The van der Waals surface area contributed by atoms with Gasteiger partial charge in [-0.2, -0.15) is 0 Å². The average Bonchev–Trinajstić information content (AvgIpc) is 2.44. The van der Waals surface area contributed by atoms with Gasteiger partial charge in [-0.1, -0.05) is 26.3 Å². The fraction of sp³-hybridized carbons (Fsp3) is 0.429. The summed E-state index contributed by atoms with van der Waals surface area (Å²) in [6.45, 7) is 4.87. The van der Waals surface area contributed by atoms with Crippen molar-refractivity contribution in [3.63, 3.8) is 0 Å². The highest BCUT2D eigenvalue weighted by Gasteiger charge is 2.26. The number of rotatable bonds is 5. The number of halogens is 2. The number of aliphatic carboxylic acids is 1. The van der Waals surface area contributed by atoms with Crippen LogP contribution in [0.3, 0.4) is 0 Å². The molecule has 0 spiro atoms. The Morgan fingerprint density at radius 1 is 1.33 bits per heavy atom. The van der Waals surface area contributed by atoms with Gasteiger partial charge in [0, 0.05) is 0 Å². The minimum Gasteiger partial charge on any atom is -0.480 e. The third-order valence-corrected chi connectivity index (χ3v) is 3.29. The number of benzene rings is 1. The van der Waals surface area contributed by atoms with Gasteiger partial charge < -0.3 is 15.7 Å². The zero-order valence-electron chi connectivity index (χ0n) is 12.0. The number of carbonyl (C=O) groups is 2. The Morgan fingerprint density at radius 2 is 1.95 bits per heavy atom. The Bertz CT molecular complexity index is 549. The van der Waals surface area contributed by atoms with E-state index in [2.05, 4.69) is 5.32 Å². The summed E-state index contributed by atoms with van der Waals surface area (Å²) in [7, 11) is 0. The lowest BCUT2D eigenvalue weighted by molar-refractivity contribution is -0.140. The Hall–Kier alpha value is -2.18. The van der Waals surface area contributed by atoms with E-state index in [1.807, 2.05) is 5.32 Å². The summed E-state index contributed by atoms with van der Waals surface area (Å²) in [5.74, 6) is -3.34. The van der Waals surface area contributed by atoms with Crippen LogP contribution in [0, 0.1) is 24.5 Å². The molecule has 0 aromatic heterocycles. The second-order valence-corrected chi connectivity index (χ2v) is 4.85. The van der Waals surface area contributed by atoms with Gasteiger partial charge in [0.1, 0.15) is 17.5 Å². The molecule has 0 saturated carbocycles. The lowest BCUT2D eigenvalue weighted by atomic mass is 9.99. The Morgan fingerprint density at radius 3 is 2.48 bits per heavy atom. The summed E-state index contributed by atoms with van der Waals surface area (Å²) < 4.78 is 27.3. The van der Waals surface area contributed by atoms with Gasteiger partial charge in [-0.15, -0.1) is 0 Å². The second-order valence-electron chi connectivity index (χ2n) is 4.85. The van der Waals surface area contributed by atoms with Crippen molar-refractivity contribution < 1.29 is 23.5 Å². The van der Waals surface area contributed by atoms with Gasteiger partial charge in [0.25, 0.3) is 0 Å². The molecular weight excluding hydrogens is 282 g/mol. The van der Waals surface area contributed by atoms with Crippen molar-refractivity contribution in [1.29, 1.82) is 0 Å². The molecule has 1 aromatic carbocycles. The molecule has 0 aliphatic carbocycles. The van der Waals surface area contributed by atoms with Crippen molar-refractivity contribution >= 4 is 17.7 Å². The molecule has 2 amide bonds. The zero-order valence-corrected chi connectivity index (χ0v) is 12.0. The third-order valence-electron chi connectivity index (χ3n) is 3.29. The molecule has 0 unspecified atom stereocenters. The van der Waals surface area contributed by atoms with Crippen LogP contribution in [0.2, 0.25) is 0 Å². The molecule has 0 saturated heterocycles. The van der Waals surface area contributed by atoms with Crippen LogP contribution in [0.4, 0.5) is 19.3 Å².